The fourth-order valence-electron chi connectivity index (χ4n) is 1.00. The van der Waals surface area contributed by atoms with Gasteiger partial charge in [-0.1, -0.05) is 0 Å². The van der Waals surface area contributed by atoms with Crippen LogP contribution in [0.1, 0.15) is 10.5 Å². The first-order valence-corrected chi connectivity index (χ1v) is 4.05. The highest BCUT2D eigenvalue weighted by Crippen LogP contribution is 2.23. The van der Waals surface area contributed by atoms with E-state index in [2.05, 4.69) is 9.47 Å². The first-order chi connectivity index (χ1) is 7.74. The lowest BCUT2D eigenvalue weighted by Crippen LogP contribution is -2.24. The summed E-state index contributed by atoms with van der Waals surface area (Å²) in [6, 6.07) is 0.646. The molecule has 0 aliphatic carbocycles. The van der Waals surface area contributed by atoms with Crippen molar-refractivity contribution in [2.24, 2.45) is 0 Å². The second kappa shape index (κ2) is 4.36. The van der Waals surface area contributed by atoms with E-state index in [9.17, 15) is 22.8 Å². The normalized spacial score (nSPS) is 11.1. The van der Waals surface area contributed by atoms with Crippen molar-refractivity contribution in [3.63, 3.8) is 0 Å². The topological polar surface area (TPSA) is 88.6 Å². The SMILES string of the molecule is COc1cc(=O)c(OC(F)(F)F)c(C(=O)O)[nH]1. The van der Waals surface area contributed by atoms with Gasteiger partial charge in [-0.3, -0.25) is 4.79 Å². The number of hydrogen-bond donors (Lipinski definition) is 2. The Bertz CT molecular complexity index is 493. The molecular formula is C8H6F3NO5. The Balaban J connectivity index is 3.37. The van der Waals surface area contributed by atoms with Crippen molar-refractivity contribution in [2.75, 3.05) is 7.11 Å². The van der Waals surface area contributed by atoms with Gasteiger partial charge in [0.05, 0.1) is 7.11 Å². The number of carbonyl (C=O) groups is 1. The fraction of sp³-hybridized carbons (Fsp3) is 0.250. The Morgan fingerprint density at radius 3 is 2.47 bits per heavy atom. The molecular weight excluding hydrogens is 247 g/mol. The maximum absolute atomic E-state index is 11.9. The van der Waals surface area contributed by atoms with Gasteiger partial charge in [-0.25, -0.2) is 4.79 Å². The van der Waals surface area contributed by atoms with Crippen molar-refractivity contribution in [3.8, 4) is 11.6 Å². The van der Waals surface area contributed by atoms with E-state index in [4.69, 9.17) is 5.11 Å². The Morgan fingerprint density at radius 1 is 1.47 bits per heavy atom. The van der Waals surface area contributed by atoms with Gasteiger partial charge in [0, 0.05) is 6.07 Å². The summed E-state index contributed by atoms with van der Waals surface area (Å²) in [5.41, 5.74) is -2.29. The number of carboxylic acids is 1. The molecule has 0 amide bonds. The quantitative estimate of drug-likeness (QED) is 0.838. The van der Waals surface area contributed by atoms with Gasteiger partial charge in [0.15, 0.2) is 11.6 Å². The maximum Gasteiger partial charge on any atom is 0.573 e. The van der Waals surface area contributed by atoms with E-state index in [0.717, 1.165) is 7.11 Å². The molecule has 1 heterocycles. The molecule has 1 aromatic heterocycles. The van der Waals surface area contributed by atoms with Crippen LogP contribution >= 0.6 is 0 Å². The molecule has 0 bridgehead atoms. The standard InChI is InChI=1S/C8H6F3NO5/c1-16-4-2-3(13)6(17-8(9,10)11)5(12-4)7(14)15/h2H,1H3,(H,12,13)(H,14,15). The summed E-state index contributed by atoms with van der Waals surface area (Å²) < 4.78 is 43.7. The Kier molecular flexibility index (Phi) is 3.30. The Morgan fingerprint density at radius 2 is 2.06 bits per heavy atom. The minimum Gasteiger partial charge on any atom is -0.482 e. The van der Waals surface area contributed by atoms with Gasteiger partial charge in [0.2, 0.25) is 11.2 Å². The van der Waals surface area contributed by atoms with Crippen molar-refractivity contribution in [1.82, 2.24) is 4.98 Å². The molecule has 0 saturated heterocycles. The number of H-pyrrole nitrogens is 1. The van der Waals surface area contributed by atoms with Crippen molar-refractivity contribution in [1.29, 1.82) is 0 Å². The maximum atomic E-state index is 11.9. The van der Waals surface area contributed by atoms with E-state index >= 15 is 0 Å². The van der Waals surface area contributed by atoms with Crippen molar-refractivity contribution in [2.45, 2.75) is 6.36 Å². The van der Waals surface area contributed by atoms with E-state index in [1.807, 2.05) is 4.98 Å². The molecule has 94 valence electrons. The minimum atomic E-state index is -5.16. The summed E-state index contributed by atoms with van der Waals surface area (Å²) in [5.74, 6) is -3.41. The van der Waals surface area contributed by atoms with Crippen LogP contribution in [0.25, 0.3) is 0 Å². The highest BCUT2D eigenvalue weighted by atomic mass is 19.4. The average Bonchev–Trinajstić information content (AvgIpc) is 2.18. The summed E-state index contributed by atoms with van der Waals surface area (Å²) in [6.07, 6.45) is -5.16. The van der Waals surface area contributed by atoms with Gasteiger partial charge in [-0.2, -0.15) is 0 Å². The number of aromatic carboxylic acids is 1. The molecule has 0 aromatic carbocycles. The summed E-state index contributed by atoms with van der Waals surface area (Å²) in [4.78, 5) is 23.8. The molecule has 0 atom stereocenters. The van der Waals surface area contributed by atoms with Crippen LogP contribution in [0.3, 0.4) is 0 Å². The van der Waals surface area contributed by atoms with Crippen LogP contribution < -0.4 is 14.9 Å². The predicted molar refractivity (Wildman–Crippen MR) is 47.3 cm³/mol. The summed E-state index contributed by atoms with van der Waals surface area (Å²) >= 11 is 0. The highest BCUT2D eigenvalue weighted by Gasteiger charge is 2.35. The minimum absolute atomic E-state index is 0.290. The predicted octanol–water partition coefficient (Wildman–Crippen LogP) is 0.980. The number of pyridine rings is 1. The number of halogens is 3. The number of carboxylic acid groups (broad SMARTS) is 1. The molecule has 0 saturated carbocycles. The van der Waals surface area contributed by atoms with Crippen molar-refractivity contribution in [3.05, 3.63) is 22.0 Å². The van der Waals surface area contributed by atoms with Crippen molar-refractivity contribution < 1.29 is 32.5 Å². The van der Waals surface area contributed by atoms with Crippen LogP contribution in [0, 0.1) is 0 Å². The van der Waals surface area contributed by atoms with E-state index in [1.54, 1.807) is 0 Å². The number of methoxy groups -OCH3 is 1. The lowest BCUT2D eigenvalue weighted by molar-refractivity contribution is -0.275. The molecule has 0 unspecified atom stereocenters. The first-order valence-electron chi connectivity index (χ1n) is 4.05. The number of rotatable bonds is 3. The van der Waals surface area contributed by atoms with Gasteiger partial charge in [-0.05, 0) is 0 Å². The smallest absolute Gasteiger partial charge is 0.482 e. The molecule has 0 spiro atoms. The lowest BCUT2D eigenvalue weighted by atomic mass is 10.3. The zero-order valence-electron chi connectivity index (χ0n) is 8.29. The van der Waals surface area contributed by atoms with E-state index in [-0.39, 0.29) is 5.88 Å². The second-order valence-electron chi connectivity index (χ2n) is 2.76. The third-order valence-corrected chi connectivity index (χ3v) is 1.61. The zero-order valence-corrected chi connectivity index (χ0v) is 8.29. The number of ether oxygens (including phenoxy) is 2. The van der Waals surface area contributed by atoms with Crippen LogP contribution in [-0.4, -0.2) is 29.5 Å². The van der Waals surface area contributed by atoms with E-state index in [0.29, 0.717) is 6.07 Å². The molecule has 0 fully saturated rings. The number of alkyl halides is 3. The molecule has 9 heteroatoms. The van der Waals surface area contributed by atoms with Crippen LogP contribution in [-0.2, 0) is 0 Å². The van der Waals surface area contributed by atoms with Gasteiger partial charge in [0.25, 0.3) is 0 Å². The first kappa shape index (κ1) is 12.9. The Labute approximate surface area is 91.6 Å². The van der Waals surface area contributed by atoms with Gasteiger partial charge in [-0.15, -0.1) is 13.2 Å². The largest absolute Gasteiger partial charge is 0.573 e. The van der Waals surface area contributed by atoms with E-state index in [1.165, 1.54) is 0 Å². The number of hydrogen-bond acceptors (Lipinski definition) is 4. The number of aromatic nitrogens is 1. The molecule has 1 aromatic rings. The lowest BCUT2D eigenvalue weighted by Gasteiger charge is -2.11. The molecule has 6 nitrogen and oxygen atoms in total. The third-order valence-electron chi connectivity index (χ3n) is 1.61. The number of nitrogens with one attached hydrogen (secondary N) is 1. The van der Waals surface area contributed by atoms with E-state index < -0.39 is 29.2 Å². The van der Waals surface area contributed by atoms with Crippen LogP contribution in [0.2, 0.25) is 0 Å². The third kappa shape index (κ3) is 3.13. The average molecular weight is 253 g/mol. The summed E-state index contributed by atoms with van der Waals surface area (Å²) in [5, 5.41) is 8.63. The molecule has 1 rings (SSSR count). The van der Waals surface area contributed by atoms with Gasteiger partial charge < -0.3 is 19.6 Å². The summed E-state index contributed by atoms with van der Waals surface area (Å²) in [6.45, 7) is 0. The highest BCUT2D eigenvalue weighted by molar-refractivity contribution is 5.88. The molecule has 0 radical (unpaired) electrons. The summed E-state index contributed by atoms with van der Waals surface area (Å²) in [7, 11) is 1.11. The Hall–Kier alpha value is -2.19. The van der Waals surface area contributed by atoms with Crippen LogP contribution in [0.4, 0.5) is 13.2 Å². The monoisotopic (exact) mass is 253 g/mol. The van der Waals surface area contributed by atoms with Crippen LogP contribution in [0.15, 0.2) is 10.9 Å². The van der Waals surface area contributed by atoms with Crippen LogP contribution in [0.5, 0.6) is 11.6 Å². The van der Waals surface area contributed by atoms with Gasteiger partial charge >= 0.3 is 12.3 Å². The molecule has 0 aliphatic rings. The van der Waals surface area contributed by atoms with Crippen molar-refractivity contribution >= 4 is 5.97 Å². The second-order valence-corrected chi connectivity index (χ2v) is 2.76. The zero-order chi connectivity index (χ0) is 13.2. The van der Waals surface area contributed by atoms with Gasteiger partial charge in [0.1, 0.15) is 0 Å². The molecule has 2 N–H and O–H groups in total. The number of aromatic amines is 1. The molecule has 17 heavy (non-hydrogen) atoms. The fourth-order valence-corrected chi connectivity index (χ4v) is 1.00. The molecule has 0 aliphatic heterocycles.